The van der Waals surface area contributed by atoms with Crippen LogP contribution in [0.15, 0.2) is 35.5 Å². The lowest BCUT2D eigenvalue weighted by molar-refractivity contribution is 0.241. The highest BCUT2D eigenvalue weighted by atomic mass is 127. The molecule has 3 rings (SSSR count). The number of aryl methyl sites for hydroxylation is 1. The fourth-order valence-corrected chi connectivity index (χ4v) is 3.48. The van der Waals surface area contributed by atoms with Crippen molar-refractivity contribution >= 4 is 41.3 Å². The number of nitrogens with one attached hydrogen (secondary N) is 2. The van der Waals surface area contributed by atoms with E-state index in [1.54, 1.807) is 11.3 Å². The first-order chi connectivity index (χ1) is 11.7. The number of hydrogen-bond donors (Lipinski definition) is 2. The van der Waals surface area contributed by atoms with Crippen LogP contribution >= 0.6 is 35.3 Å². The molecule has 2 aromatic rings. The third-order valence-corrected chi connectivity index (χ3v) is 4.78. The highest BCUT2D eigenvalue weighted by Crippen LogP contribution is 2.28. The van der Waals surface area contributed by atoms with Gasteiger partial charge in [-0.3, -0.25) is 0 Å². The molecule has 136 valence electrons. The largest absolute Gasteiger partial charge is 0.488 e. The van der Waals surface area contributed by atoms with Gasteiger partial charge in [0.2, 0.25) is 0 Å². The van der Waals surface area contributed by atoms with Crippen LogP contribution in [0.2, 0.25) is 0 Å². The Morgan fingerprint density at radius 2 is 2.20 bits per heavy atom. The molecule has 2 heterocycles. The number of hydrogen-bond acceptors (Lipinski definition) is 4. The van der Waals surface area contributed by atoms with Crippen molar-refractivity contribution in [1.82, 2.24) is 15.6 Å². The normalized spacial score (nSPS) is 15.9. The second kappa shape index (κ2) is 9.96. The van der Waals surface area contributed by atoms with E-state index < -0.39 is 0 Å². The first-order valence-electron chi connectivity index (χ1n) is 8.42. The average molecular weight is 472 g/mol. The van der Waals surface area contributed by atoms with Gasteiger partial charge in [0.05, 0.1) is 11.6 Å². The molecule has 0 radical (unpaired) electrons. The second-order valence-corrected chi connectivity index (χ2v) is 7.13. The molecule has 0 amide bonds. The standard InChI is InChI=1S/C18H24N4OS.HI/c1-3-19-18(20-9-8-17-21-11-13(2)24-17)22-12-15-10-14-6-4-5-7-16(14)23-15;/h4-7,11,15H,3,8-10,12H2,1-2H3,(H2,19,20,22);1H. The van der Waals surface area contributed by atoms with Crippen molar-refractivity contribution in [2.45, 2.75) is 32.8 Å². The Labute approximate surface area is 170 Å². The van der Waals surface area contributed by atoms with Crippen LogP contribution in [0.25, 0.3) is 0 Å². The van der Waals surface area contributed by atoms with Crippen LogP contribution in [0.4, 0.5) is 0 Å². The topological polar surface area (TPSA) is 58.5 Å². The third-order valence-electron chi connectivity index (χ3n) is 3.81. The summed E-state index contributed by atoms with van der Waals surface area (Å²) in [5.41, 5.74) is 1.27. The van der Waals surface area contributed by atoms with E-state index in [0.717, 1.165) is 42.6 Å². The Kier molecular flexibility index (Phi) is 7.95. The van der Waals surface area contributed by atoms with Gasteiger partial charge in [-0.25, -0.2) is 9.98 Å². The van der Waals surface area contributed by atoms with Crippen molar-refractivity contribution in [3.05, 3.63) is 45.9 Å². The molecule has 0 spiro atoms. The first kappa shape index (κ1) is 20.0. The molecular formula is C18H25IN4OS. The molecule has 2 N–H and O–H groups in total. The van der Waals surface area contributed by atoms with Crippen molar-refractivity contribution in [2.24, 2.45) is 4.99 Å². The van der Waals surface area contributed by atoms with E-state index >= 15 is 0 Å². The molecule has 5 nitrogen and oxygen atoms in total. The number of para-hydroxylation sites is 1. The van der Waals surface area contributed by atoms with Gasteiger partial charge in [0, 0.05) is 37.0 Å². The second-order valence-electron chi connectivity index (χ2n) is 5.81. The molecule has 0 bridgehead atoms. The van der Waals surface area contributed by atoms with Crippen molar-refractivity contribution in [3.8, 4) is 5.75 Å². The van der Waals surface area contributed by atoms with E-state index in [1.807, 2.05) is 18.3 Å². The maximum atomic E-state index is 5.94. The number of thiazole rings is 1. The van der Waals surface area contributed by atoms with Crippen LogP contribution in [0, 0.1) is 6.92 Å². The van der Waals surface area contributed by atoms with Crippen molar-refractivity contribution < 1.29 is 4.74 Å². The molecule has 1 atom stereocenters. The van der Waals surface area contributed by atoms with Crippen molar-refractivity contribution in [2.75, 3.05) is 19.6 Å². The average Bonchev–Trinajstić information content (AvgIpc) is 3.18. The lowest BCUT2D eigenvalue weighted by atomic mass is 10.1. The Balaban J connectivity index is 0.00000225. The van der Waals surface area contributed by atoms with Crippen molar-refractivity contribution in [1.29, 1.82) is 0 Å². The summed E-state index contributed by atoms with van der Waals surface area (Å²) >= 11 is 1.75. The molecule has 1 aromatic carbocycles. The summed E-state index contributed by atoms with van der Waals surface area (Å²) in [5, 5.41) is 7.82. The van der Waals surface area contributed by atoms with Gasteiger partial charge >= 0.3 is 0 Å². The summed E-state index contributed by atoms with van der Waals surface area (Å²) in [7, 11) is 0. The number of nitrogens with zero attached hydrogens (tertiary/aromatic N) is 2. The van der Waals surface area contributed by atoms with Gasteiger partial charge in [-0.1, -0.05) is 18.2 Å². The van der Waals surface area contributed by atoms with Gasteiger partial charge < -0.3 is 15.4 Å². The number of aromatic nitrogens is 1. The SMILES string of the molecule is CCNC(=NCC1Cc2ccccc2O1)NCCc1ncc(C)s1.I. The van der Waals surface area contributed by atoms with Gasteiger partial charge in [0.15, 0.2) is 5.96 Å². The Morgan fingerprint density at radius 3 is 2.92 bits per heavy atom. The zero-order chi connectivity index (χ0) is 16.8. The van der Waals surface area contributed by atoms with Gasteiger partial charge in [-0.15, -0.1) is 35.3 Å². The molecule has 0 saturated carbocycles. The lowest BCUT2D eigenvalue weighted by Crippen LogP contribution is -2.39. The Hall–Kier alpha value is -1.35. The van der Waals surface area contributed by atoms with Gasteiger partial charge in [0.1, 0.15) is 11.9 Å². The lowest BCUT2D eigenvalue weighted by Gasteiger charge is -2.13. The minimum absolute atomic E-state index is 0. The molecular weight excluding hydrogens is 447 g/mol. The van der Waals surface area contributed by atoms with Gasteiger partial charge in [-0.05, 0) is 25.5 Å². The van der Waals surface area contributed by atoms with Crippen LogP contribution in [-0.4, -0.2) is 36.7 Å². The smallest absolute Gasteiger partial charge is 0.191 e. The maximum Gasteiger partial charge on any atom is 0.191 e. The number of rotatable bonds is 6. The van der Waals surface area contributed by atoms with E-state index in [4.69, 9.17) is 4.74 Å². The molecule has 1 unspecified atom stereocenters. The van der Waals surface area contributed by atoms with Crippen LogP contribution in [0.5, 0.6) is 5.75 Å². The molecule has 7 heteroatoms. The number of aliphatic imine (C=N–C) groups is 1. The van der Waals surface area contributed by atoms with Gasteiger partial charge in [0.25, 0.3) is 0 Å². The molecule has 1 aliphatic heterocycles. The van der Waals surface area contributed by atoms with E-state index in [2.05, 4.69) is 46.6 Å². The number of fused-ring (bicyclic) bond motifs is 1. The predicted octanol–water partition coefficient (Wildman–Crippen LogP) is 3.17. The van der Waals surface area contributed by atoms with Crippen LogP contribution in [-0.2, 0) is 12.8 Å². The third kappa shape index (κ3) is 5.85. The maximum absolute atomic E-state index is 5.94. The predicted molar refractivity (Wildman–Crippen MR) is 115 cm³/mol. The van der Waals surface area contributed by atoms with E-state index in [0.29, 0.717) is 6.54 Å². The summed E-state index contributed by atoms with van der Waals surface area (Å²) in [6.07, 6.45) is 3.89. The quantitative estimate of drug-likeness (QED) is 0.385. The van der Waals surface area contributed by atoms with Crippen LogP contribution < -0.4 is 15.4 Å². The van der Waals surface area contributed by atoms with E-state index in [9.17, 15) is 0 Å². The molecule has 0 aliphatic carbocycles. The Bertz CT molecular complexity index is 679. The zero-order valence-corrected chi connectivity index (χ0v) is 17.8. The van der Waals surface area contributed by atoms with Crippen LogP contribution in [0.3, 0.4) is 0 Å². The molecule has 1 aromatic heterocycles. The summed E-state index contributed by atoms with van der Waals surface area (Å²) in [6.45, 7) is 6.47. The fourth-order valence-electron chi connectivity index (χ4n) is 2.70. The summed E-state index contributed by atoms with van der Waals surface area (Å²) < 4.78 is 5.94. The fraction of sp³-hybridized carbons (Fsp3) is 0.444. The first-order valence-corrected chi connectivity index (χ1v) is 9.24. The van der Waals surface area contributed by atoms with E-state index in [1.165, 1.54) is 10.4 Å². The Morgan fingerprint density at radius 1 is 1.36 bits per heavy atom. The number of benzene rings is 1. The number of halogens is 1. The minimum Gasteiger partial charge on any atom is -0.488 e. The molecule has 0 fully saturated rings. The van der Waals surface area contributed by atoms with E-state index in [-0.39, 0.29) is 30.1 Å². The number of ether oxygens (including phenoxy) is 1. The van der Waals surface area contributed by atoms with Crippen LogP contribution in [0.1, 0.15) is 22.4 Å². The molecule has 25 heavy (non-hydrogen) atoms. The molecule has 1 aliphatic rings. The molecule has 0 saturated heterocycles. The zero-order valence-electron chi connectivity index (χ0n) is 14.6. The monoisotopic (exact) mass is 472 g/mol. The minimum atomic E-state index is 0. The number of guanidine groups is 1. The van der Waals surface area contributed by atoms with Crippen molar-refractivity contribution in [3.63, 3.8) is 0 Å². The summed E-state index contributed by atoms with van der Waals surface area (Å²) in [6, 6.07) is 8.22. The highest BCUT2D eigenvalue weighted by Gasteiger charge is 2.21. The summed E-state index contributed by atoms with van der Waals surface area (Å²) in [5.74, 6) is 1.83. The summed E-state index contributed by atoms with van der Waals surface area (Å²) in [4.78, 5) is 10.3. The van der Waals surface area contributed by atoms with Gasteiger partial charge in [-0.2, -0.15) is 0 Å². The highest BCUT2D eigenvalue weighted by molar-refractivity contribution is 14.0.